The molecule has 34 heavy (non-hydrogen) atoms. The summed E-state index contributed by atoms with van der Waals surface area (Å²) in [5.74, 6) is -1.32. The molecule has 2 amide bonds. The van der Waals surface area contributed by atoms with Crippen LogP contribution in [0.3, 0.4) is 0 Å². The molecule has 0 unspecified atom stereocenters. The second-order valence-corrected chi connectivity index (χ2v) is 11.3. The minimum absolute atomic E-state index is 0.0248. The Morgan fingerprint density at radius 3 is 2.06 bits per heavy atom. The number of hydrogen-bond donors (Lipinski definition) is 3. The van der Waals surface area contributed by atoms with Gasteiger partial charge in [0.1, 0.15) is 0 Å². The molecule has 0 aliphatic rings. The van der Waals surface area contributed by atoms with Crippen LogP contribution >= 0.6 is 0 Å². The summed E-state index contributed by atoms with van der Waals surface area (Å²) in [6, 6.07) is 10.00. The summed E-state index contributed by atoms with van der Waals surface area (Å²) in [5.41, 5.74) is 0.875. The molecular weight excluding hydrogens is 480 g/mol. The summed E-state index contributed by atoms with van der Waals surface area (Å²) < 4.78 is 50.3. The van der Waals surface area contributed by atoms with E-state index in [1.165, 1.54) is 40.7 Å². The fourth-order valence-corrected chi connectivity index (χ4v) is 5.43. The lowest BCUT2D eigenvalue weighted by molar-refractivity contribution is -0.115. The van der Waals surface area contributed by atoms with Crippen molar-refractivity contribution in [2.75, 3.05) is 25.0 Å². The van der Waals surface area contributed by atoms with E-state index in [4.69, 9.17) is 5.14 Å². The third kappa shape index (κ3) is 6.63. The first-order chi connectivity index (χ1) is 15.8. The van der Waals surface area contributed by atoms with Crippen molar-refractivity contribution in [3.63, 3.8) is 0 Å². The Kier molecular flexibility index (Phi) is 8.95. The maximum atomic E-state index is 12.5. The van der Waals surface area contributed by atoms with Crippen molar-refractivity contribution in [2.24, 2.45) is 5.14 Å². The highest BCUT2D eigenvalue weighted by molar-refractivity contribution is 7.89. The van der Waals surface area contributed by atoms with Gasteiger partial charge in [-0.2, -0.15) is 4.31 Å². The Morgan fingerprint density at radius 2 is 1.56 bits per heavy atom. The van der Waals surface area contributed by atoms with Gasteiger partial charge < -0.3 is 10.6 Å². The second kappa shape index (κ2) is 11.1. The number of carbonyl (C=O) groups is 2. The largest absolute Gasteiger partial charge is 0.343 e. The summed E-state index contributed by atoms with van der Waals surface area (Å²) in [4.78, 5) is 24.6. The molecule has 0 fully saturated rings. The minimum atomic E-state index is -4.16. The van der Waals surface area contributed by atoms with Gasteiger partial charge in [0.15, 0.2) is 0 Å². The molecule has 0 aliphatic carbocycles. The lowest BCUT2D eigenvalue weighted by Crippen LogP contribution is -2.34. The van der Waals surface area contributed by atoms with Gasteiger partial charge in [0.05, 0.1) is 21.9 Å². The topological polar surface area (TPSA) is 156 Å². The summed E-state index contributed by atoms with van der Waals surface area (Å²) in [7, 11) is -7.78. The van der Waals surface area contributed by atoms with Gasteiger partial charge in [-0.3, -0.25) is 9.59 Å². The van der Waals surface area contributed by atoms with E-state index in [1.807, 2.05) is 13.8 Å². The molecule has 186 valence electrons. The smallest absolute Gasteiger partial charge is 0.253 e. The first kappa shape index (κ1) is 27.4. The van der Waals surface area contributed by atoms with E-state index in [0.717, 1.165) is 0 Å². The number of hydrogen-bond acceptors (Lipinski definition) is 6. The molecule has 0 spiro atoms. The number of rotatable bonds is 10. The number of nitrogens with zero attached hydrogens (tertiary/aromatic N) is 1. The lowest BCUT2D eigenvalue weighted by Gasteiger charge is -2.18. The van der Waals surface area contributed by atoms with Crippen LogP contribution < -0.4 is 15.8 Å². The van der Waals surface area contributed by atoms with Gasteiger partial charge in [-0.25, -0.2) is 22.0 Å². The molecule has 10 nitrogen and oxygen atoms in total. The van der Waals surface area contributed by atoms with Gasteiger partial charge in [-0.15, -0.1) is 0 Å². The average molecular weight is 511 g/mol. The highest BCUT2D eigenvalue weighted by Gasteiger charge is 2.22. The minimum Gasteiger partial charge on any atom is -0.343 e. The molecule has 12 heteroatoms. The Balaban J connectivity index is 2.08. The predicted octanol–water partition coefficient (Wildman–Crippen LogP) is 1.86. The SMILES string of the molecule is CCN(CC)S(=O)(=O)c1ccc(NC(=O)CNC(=O)c2ccc(C(C)C)cc2S(N)(=O)=O)cc1. The number of amides is 2. The molecule has 0 aromatic heterocycles. The van der Waals surface area contributed by atoms with Crippen LogP contribution in [0.25, 0.3) is 0 Å². The standard InChI is InChI=1S/C22H30N4O6S2/c1-5-26(6-2)34(31,32)18-10-8-17(9-11-18)25-21(27)14-24-22(28)19-12-7-16(15(3)4)13-20(19)33(23,29)30/h7-13,15H,5-6,14H2,1-4H3,(H,24,28)(H,25,27)(H2,23,29,30). The van der Waals surface area contributed by atoms with Crippen LogP contribution in [-0.2, 0) is 24.8 Å². The molecule has 0 saturated carbocycles. The molecule has 2 aromatic rings. The Hall–Kier alpha value is -2.80. The number of sulfonamides is 2. The number of carbonyl (C=O) groups excluding carboxylic acids is 2. The highest BCUT2D eigenvalue weighted by Crippen LogP contribution is 2.22. The molecule has 4 N–H and O–H groups in total. The molecule has 0 aliphatic heterocycles. The number of nitrogens with one attached hydrogen (secondary N) is 2. The maximum absolute atomic E-state index is 12.5. The molecule has 0 heterocycles. The number of primary sulfonamides is 1. The third-order valence-corrected chi connectivity index (χ3v) is 8.13. The van der Waals surface area contributed by atoms with Crippen molar-refractivity contribution >= 4 is 37.5 Å². The zero-order valence-corrected chi connectivity index (χ0v) is 21.2. The van der Waals surface area contributed by atoms with Gasteiger partial charge in [-0.1, -0.05) is 33.8 Å². The average Bonchev–Trinajstić information content (AvgIpc) is 2.77. The highest BCUT2D eigenvalue weighted by atomic mass is 32.2. The van der Waals surface area contributed by atoms with Crippen LogP contribution in [0.1, 0.15) is 49.5 Å². The monoisotopic (exact) mass is 510 g/mol. The van der Waals surface area contributed by atoms with Crippen molar-refractivity contribution in [2.45, 2.75) is 43.4 Å². The third-order valence-electron chi connectivity index (χ3n) is 5.11. The Labute approximate surface area is 200 Å². The molecule has 0 atom stereocenters. The Morgan fingerprint density at radius 1 is 0.971 bits per heavy atom. The van der Waals surface area contributed by atoms with Gasteiger partial charge in [0.2, 0.25) is 26.0 Å². The maximum Gasteiger partial charge on any atom is 0.253 e. The summed E-state index contributed by atoms with van der Waals surface area (Å²) in [6.07, 6.45) is 0. The van der Waals surface area contributed by atoms with Crippen LogP contribution in [0.15, 0.2) is 52.3 Å². The zero-order valence-electron chi connectivity index (χ0n) is 19.5. The van der Waals surface area contributed by atoms with E-state index in [2.05, 4.69) is 10.6 Å². The van der Waals surface area contributed by atoms with E-state index >= 15 is 0 Å². The zero-order chi connectivity index (χ0) is 25.7. The molecule has 2 aromatic carbocycles. The second-order valence-electron chi connectivity index (χ2n) is 7.80. The molecule has 0 radical (unpaired) electrons. The summed E-state index contributed by atoms with van der Waals surface area (Å²) >= 11 is 0. The number of benzene rings is 2. The van der Waals surface area contributed by atoms with Crippen LogP contribution in [0, 0.1) is 0 Å². The predicted molar refractivity (Wildman–Crippen MR) is 129 cm³/mol. The van der Waals surface area contributed by atoms with Crippen molar-refractivity contribution < 1.29 is 26.4 Å². The van der Waals surface area contributed by atoms with E-state index in [1.54, 1.807) is 19.9 Å². The van der Waals surface area contributed by atoms with Gasteiger partial charge in [-0.05, 0) is 47.9 Å². The van der Waals surface area contributed by atoms with Crippen LogP contribution in [0.5, 0.6) is 0 Å². The first-order valence-corrected chi connectivity index (χ1v) is 13.6. The van der Waals surface area contributed by atoms with Crippen LogP contribution in [0.4, 0.5) is 5.69 Å². The molecular formula is C22H30N4O6S2. The van der Waals surface area contributed by atoms with Gasteiger partial charge in [0, 0.05) is 18.8 Å². The van der Waals surface area contributed by atoms with E-state index in [-0.39, 0.29) is 21.3 Å². The number of nitrogens with two attached hydrogens (primary N) is 1. The molecule has 0 bridgehead atoms. The Bertz CT molecular complexity index is 1250. The van der Waals surface area contributed by atoms with E-state index in [9.17, 15) is 26.4 Å². The summed E-state index contributed by atoms with van der Waals surface area (Å²) in [5, 5.41) is 10.2. The van der Waals surface area contributed by atoms with Gasteiger partial charge >= 0.3 is 0 Å². The van der Waals surface area contributed by atoms with E-state index in [0.29, 0.717) is 24.3 Å². The van der Waals surface area contributed by atoms with Gasteiger partial charge in [0.25, 0.3) is 5.91 Å². The van der Waals surface area contributed by atoms with E-state index < -0.39 is 38.4 Å². The van der Waals surface area contributed by atoms with Crippen LogP contribution in [0.2, 0.25) is 0 Å². The van der Waals surface area contributed by atoms with Crippen molar-refractivity contribution in [1.82, 2.24) is 9.62 Å². The van der Waals surface area contributed by atoms with Crippen molar-refractivity contribution in [3.05, 3.63) is 53.6 Å². The fourth-order valence-electron chi connectivity index (χ4n) is 3.20. The van der Waals surface area contributed by atoms with Crippen LogP contribution in [-0.4, -0.2) is 52.6 Å². The fraction of sp³-hybridized carbons (Fsp3) is 0.364. The normalized spacial score (nSPS) is 12.1. The first-order valence-electron chi connectivity index (χ1n) is 10.7. The number of anilines is 1. The quantitative estimate of drug-likeness (QED) is 0.443. The van der Waals surface area contributed by atoms with Crippen molar-refractivity contribution in [1.29, 1.82) is 0 Å². The lowest BCUT2D eigenvalue weighted by atomic mass is 10.0. The summed E-state index contributed by atoms with van der Waals surface area (Å²) in [6.45, 7) is 7.47. The molecule has 2 rings (SSSR count). The molecule has 0 saturated heterocycles. The van der Waals surface area contributed by atoms with Crippen molar-refractivity contribution in [3.8, 4) is 0 Å².